The van der Waals surface area contributed by atoms with Gasteiger partial charge in [-0.2, -0.15) is 0 Å². The Morgan fingerprint density at radius 2 is 1.91 bits per heavy atom. The van der Waals surface area contributed by atoms with Crippen molar-refractivity contribution in [3.8, 4) is 0 Å². The second-order valence-corrected chi connectivity index (χ2v) is 6.75. The summed E-state index contributed by atoms with van der Waals surface area (Å²) in [7, 11) is 0. The number of rotatable bonds is 2. The van der Waals surface area contributed by atoms with Crippen LogP contribution < -0.4 is 10.6 Å². The Morgan fingerprint density at radius 3 is 2.65 bits per heavy atom. The fourth-order valence-electron chi connectivity index (χ4n) is 4.10. The molecule has 2 aromatic rings. The standard InChI is InChI=1S/C17H24N6/c1-12-3-2-8-23(12)13-6-9-22(10-7-13)17-14-4-5-15(18)21-16(14)19-11-20-17/h4-5,11-13H,2-3,6-10H2,1H3,(H2,18,19,20,21)/t12-/m1/s1. The van der Waals surface area contributed by atoms with E-state index >= 15 is 0 Å². The summed E-state index contributed by atoms with van der Waals surface area (Å²) in [6.45, 7) is 5.73. The third kappa shape index (κ3) is 2.72. The van der Waals surface area contributed by atoms with Crippen molar-refractivity contribution in [3.63, 3.8) is 0 Å². The van der Waals surface area contributed by atoms with Crippen LogP contribution in [0.2, 0.25) is 0 Å². The first kappa shape index (κ1) is 14.6. The van der Waals surface area contributed by atoms with Gasteiger partial charge in [0.1, 0.15) is 18.0 Å². The molecule has 2 aliphatic heterocycles. The minimum Gasteiger partial charge on any atom is -0.384 e. The van der Waals surface area contributed by atoms with Crippen molar-refractivity contribution >= 4 is 22.7 Å². The monoisotopic (exact) mass is 312 g/mol. The molecular formula is C17H24N6. The van der Waals surface area contributed by atoms with Crippen LogP contribution in [0.3, 0.4) is 0 Å². The van der Waals surface area contributed by atoms with E-state index in [1.807, 2.05) is 12.1 Å². The molecule has 0 unspecified atom stereocenters. The summed E-state index contributed by atoms with van der Waals surface area (Å²) >= 11 is 0. The molecule has 0 radical (unpaired) electrons. The van der Waals surface area contributed by atoms with Crippen LogP contribution in [-0.2, 0) is 0 Å². The van der Waals surface area contributed by atoms with E-state index in [0.29, 0.717) is 11.5 Å². The molecule has 0 spiro atoms. The molecule has 2 N–H and O–H groups in total. The van der Waals surface area contributed by atoms with E-state index in [4.69, 9.17) is 5.73 Å². The second-order valence-electron chi connectivity index (χ2n) is 6.75. The lowest BCUT2D eigenvalue weighted by molar-refractivity contribution is 0.163. The summed E-state index contributed by atoms with van der Waals surface area (Å²) in [5.41, 5.74) is 6.45. The van der Waals surface area contributed by atoms with Gasteiger partial charge in [0.15, 0.2) is 5.65 Å². The molecule has 23 heavy (non-hydrogen) atoms. The zero-order chi connectivity index (χ0) is 15.8. The zero-order valence-corrected chi connectivity index (χ0v) is 13.6. The van der Waals surface area contributed by atoms with Gasteiger partial charge >= 0.3 is 0 Å². The van der Waals surface area contributed by atoms with E-state index in [2.05, 4.69) is 31.7 Å². The molecule has 2 fully saturated rings. The average molecular weight is 312 g/mol. The van der Waals surface area contributed by atoms with Crippen molar-refractivity contribution in [1.82, 2.24) is 19.9 Å². The Hall–Kier alpha value is -1.95. The molecule has 4 heterocycles. The maximum absolute atomic E-state index is 5.76. The number of fused-ring (bicyclic) bond motifs is 1. The predicted molar refractivity (Wildman–Crippen MR) is 92.4 cm³/mol. The number of pyridine rings is 1. The van der Waals surface area contributed by atoms with E-state index in [0.717, 1.165) is 36.4 Å². The third-order valence-corrected chi connectivity index (χ3v) is 5.34. The Kier molecular flexibility index (Phi) is 3.77. The first-order valence-corrected chi connectivity index (χ1v) is 8.60. The number of nitrogens with two attached hydrogens (primary N) is 1. The zero-order valence-electron chi connectivity index (χ0n) is 13.6. The smallest absolute Gasteiger partial charge is 0.166 e. The number of likely N-dealkylation sites (tertiary alicyclic amines) is 1. The van der Waals surface area contributed by atoms with Crippen molar-refractivity contribution < 1.29 is 0 Å². The summed E-state index contributed by atoms with van der Waals surface area (Å²) in [6, 6.07) is 5.29. The lowest BCUT2D eigenvalue weighted by Gasteiger charge is -2.39. The summed E-state index contributed by atoms with van der Waals surface area (Å²) < 4.78 is 0. The maximum atomic E-state index is 5.76. The van der Waals surface area contributed by atoms with Gasteiger partial charge in [-0.15, -0.1) is 0 Å². The Bertz CT molecular complexity index is 695. The van der Waals surface area contributed by atoms with Gasteiger partial charge in [0.05, 0.1) is 5.39 Å². The van der Waals surface area contributed by atoms with Crippen molar-refractivity contribution in [2.24, 2.45) is 0 Å². The average Bonchev–Trinajstić information content (AvgIpc) is 3.00. The van der Waals surface area contributed by atoms with E-state index < -0.39 is 0 Å². The maximum Gasteiger partial charge on any atom is 0.166 e. The van der Waals surface area contributed by atoms with E-state index in [9.17, 15) is 0 Å². The number of piperidine rings is 1. The normalized spacial score (nSPS) is 23.7. The molecule has 1 atom stereocenters. The van der Waals surface area contributed by atoms with Gasteiger partial charge in [-0.05, 0) is 51.3 Å². The SMILES string of the molecule is C[C@@H]1CCCN1C1CCN(c2ncnc3nc(N)ccc23)CC1. The highest BCUT2D eigenvalue weighted by molar-refractivity contribution is 5.87. The van der Waals surface area contributed by atoms with Crippen LogP contribution in [0.4, 0.5) is 11.6 Å². The summed E-state index contributed by atoms with van der Waals surface area (Å²) in [5.74, 6) is 1.50. The van der Waals surface area contributed by atoms with Gasteiger partial charge in [0.25, 0.3) is 0 Å². The summed E-state index contributed by atoms with van der Waals surface area (Å²) in [4.78, 5) is 18.2. The van der Waals surface area contributed by atoms with E-state index in [1.54, 1.807) is 6.33 Å². The van der Waals surface area contributed by atoms with Crippen LogP contribution in [0.25, 0.3) is 11.0 Å². The lowest BCUT2D eigenvalue weighted by atomic mass is 10.0. The van der Waals surface area contributed by atoms with Crippen molar-refractivity contribution in [1.29, 1.82) is 0 Å². The highest BCUT2D eigenvalue weighted by atomic mass is 15.3. The minimum atomic E-state index is 0.504. The molecule has 2 aromatic heterocycles. The van der Waals surface area contributed by atoms with Crippen LogP contribution in [0.5, 0.6) is 0 Å². The molecule has 0 saturated carbocycles. The second kappa shape index (κ2) is 5.92. The topological polar surface area (TPSA) is 71.2 Å². The number of aromatic nitrogens is 3. The Labute approximate surface area is 136 Å². The van der Waals surface area contributed by atoms with Crippen molar-refractivity contribution in [2.75, 3.05) is 30.3 Å². The van der Waals surface area contributed by atoms with Gasteiger partial charge < -0.3 is 10.6 Å². The van der Waals surface area contributed by atoms with Crippen LogP contribution in [0, 0.1) is 0 Å². The lowest BCUT2D eigenvalue weighted by Crippen LogP contribution is -2.46. The number of hydrogen-bond acceptors (Lipinski definition) is 6. The number of nitrogens with zero attached hydrogens (tertiary/aromatic N) is 5. The molecule has 4 rings (SSSR count). The highest BCUT2D eigenvalue weighted by Gasteiger charge is 2.31. The van der Waals surface area contributed by atoms with Crippen LogP contribution in [0.15, 0.2) is 18.5 Å². The molecular weight excluding hydrogens is 288 g/mol. The van der Waals surface area contributed by atoms with E-state index in [-0.39, 0.29) is 0 Å². The first-order chi connectivity index (χ1) is 11.2. The van der Waals surface area contributed by atoms with Gasteiger partial charge in [-0.3, -0.25) is 4.90 Å². The summed E-state index contributed by atoms with van der Waals surface area (Å²) in [5, 5.41) is 0.995. The molecule has 0 bridgehead atoms. The number of hydrogen-bond donors (Lipinski definition) is 1. The highest BCUT2D eigenvalue weighted by Crippen LogP contribution is 2.29. The van der Waals surface area contributed by atoms with Crippen LogP contribution in [0.1, 0.15) is 32.6 Å². The first-order valence-electron chi connectivity index (χ1n) is 8.60. The van der Waals surface area contributed by atoms with Crippen LogP contribution in [-0.4, -0.2) is 51.6 Å². The molecule has 0 aromatic carbocycles. The Morgan fingerprint density at radius 1 is 1.09 bits per heavy atom. The molecule has 2 aliphatic rings. The van der Waals surface area contributed by atoms with E-state index in [1.165, 1.54) is 32.2 Å². The summed E-state index contributed by atoms with van der Waals surface area (Å²) in [6.07, 6.45) is 6.71. The molecule has 0 amide bonds. The molecule has 122 valence electrons. The molecule has 0 aliphatic carbocycles. The fraction of sp³-hybridized carbons (Fsp3) is 0.588. The fourth-order valence-corrected chi connectivity index (χ4v) is 4.10. The molecule has 6 nitrogen and oxygen atoms in total. The minimum absolute atomic E-state index is 0.504. The van der Waals surface area contributed by atoms with Crippen LogP contribution >= 0.6 is 0 Å². The number of nitrogen functional groups attached to an aromatic ring is 1. The molecule has 2 saturated heterocycles. The predicted octanol–water partition coefficient (Wildman–Crippen LogP) is 2.06. The van der Waals surface area contributed by atoms with Crippen molar-refractivity contribution in [3.05, 3.63) is 18.5 Å². The van der Waals surface area contributed by atoms with Crippen molar-refractivity contribution in [2.45, 2.75) is 44.7 Å². The molecule has 6 heteroatoms. The largest absolute Gasteiger partial charge is 0.384 e. The Balaban J connectivity index is 1.52. The quantitative estimate of drug-likeness (QED) is 0.915. The van der Waals surface area contributed by atoms with Gasteiger partial charge in [0.2, 0.25) is 0 Å². The van der Waals surface area contributed by atoms with Gasteiger partial charge in [-0.1, -0.05) is 0 Å². The van der Waals surface area contributed by atoms with Gasteiger partial charge in [-0.25, -0.2) is 15.0 Å². The third-order valence-electron chi connectivity index (χ3n) is 5.34. The number of anilines is 2. The van der Waals surface area contributed by atoms with Gasteiger partial charge in [0, 0.05) is 25.2 Å².